The van der Waals surface area contributed by atoms with Crippen LogP contribution in [0.5, 0.6) is 0 Å². The van der Waals surface area contributed by atoms with Crippen molar-refractivity contribution < 1.29 is 30.8 Å². The summed E-state index contributed by atoms with van der Waals surface area (Å²) in [6.07, 6.45) is 0. The van der Waals surface area contributed by atoms with Crippen molar-refractivity contribution in [2.45, 2.75) is 19.4 Å². The molecule has 0 bridgehead atoms. The third-order valence-electron chi connectivity index (χ3n) is 2.48. The van der Waals surface area contributed by atoms with Crippen LogP contribution in [0.15, 0.2) is 23.4 Å². The smallest absolute Gasteiger partial charge is 0.393 e. The Bertz CT molecular complexity index is 657. The normalized spacial score (nSPS) is 13.1. The topological polar surface area (TPSA) is 67.8 Å². The van der Waals surface area contributed by atoms with Crippen molar-refractivity contribution in [3.8, 4) is 0 Å². The molecule has 5 nitrogen and oxygen atoms in total. The first kappa shape index (κ1) is 18.2. The predicted molar refractivity (Wildman–Crippen MR) is 73.9 cm³/mol. The average molecular weight is 342 g/mol. The number of halogens is 4. The zero-order chi connectivity index (χ0) is 17.0. The largest absolute Gasteiger partial charge is 0.516 e. The van der Waals surface area contributed by atoms with Crippen LogP contribution in [-0.2, 0) is 14.9 Å². The number of alkyl halides is 4. The summed E-state index contributed by atoms with van der Waals surface area (Å²) >= 11 is 0. The number of nitrogens with zero attached hydrogens (tertiary/aromatic N) is 1. The summed E-state index contributed by atoms with van der Waals surface area (Å²) < 4.78 is 73.1. The molecular weight excluding hydrogens is 328 g/mol. The number of nitrogens with one attached hydrogen (secondary N) is 1. The van der Waals surface area contributed by atoms with E-state index in [1.165, 1.54) is 29.8 Å². The van der Waals surface area contributed by atoms with E-state index in [0.29, 0.717) is 5.56 Å². The van der Waals surface area contributed by atoms with E-state index in [1.807, 2.05) is 0 Å². The molecule has 0 amide bonds. The Hall–Kier alpha value is -1.84. The molecular formula is C12H14F4N2O3S. The molecule has 124 valence electrons. The predicted octanol–water partition coefficient (Wildman–Crippen LogP) is 2.97. The van der Waals surface area contributed by atoms with Crippen molar-refractivity contribution in [1.29, 1.82) is 0 Å². The highest BCUT2D eigenvalue weighted by molar-refractivity contribution is 7.93. The molecule has 0 saturated heterocycles. The molecule has 0 unspecified atom stereocenters. The van der Waals surface area contributed by atoms with E-state index in [9.17, 15) is 26.0 Å². The Balaban J connectivity index is 3.19. The number of benzene rings is 1. The van der Waals surface area contributed by atoms with Gasteiger partial charge in [0, 0.05) is 5.56 Å². The zero-order valence-corrected chi connectivity index (χ0v) is 12.6. The SMILES string of the molecule is C/C(=N\OCCF)c1cc(C)ccc1NS(=O)(=O)C(F)(F)F. The van der Waals surface area contributed by atoms with Crippen molar-refractivity contribution in [3.05, 3.63) is 29.3 Å². The lowest BCUT2D eigenvalue weighted by molar-refractivity contribution is -0.0429. The van der Waals surface area contributed by atoms with E-state index >= 15 is 0 Å². The summed E-state index contributed by atoms with van der Waals surface area (Å²) in [5.41, 5.74) is -4.85. The van der Waals surface area contributed by atoms with Crippen LogP contribution < -0.4 is 4.72 Å². The first-order valence-electron chi connectivity index (χ1n) is 6.01. The van der Waals surface area contributed by atoms with Gasteiger partial charge in [0.1, 0.15) is 13.3 Å². The van der Waals surface area contributed by atoms with Crippen LogP contribution in [0.1, 0.15) is 18.1 Å². The zero-order valence-electron chi connectivity index (χ0n) is 11.7. The Morgan fingerprint density at radius 3 is 2.55 bits per heavy atom. The van der Waals surface area contributed by atoms with Gasteiger partial charge in [-0.15, -0.1) is 0 Å². The van der Waals surface area contributed by atoms with Crippen LogP contribution in [0.2, 0.25) is 0 Å². The van der Waals surface area contributed by atoms with Crippen LogP contribution in [0.3, 0.4) is 0 Å². The van der Waals surface area contributed by atoms with E-state index in [-0.39, 0.29) is 23.6 Å². The minimum Gasteiger partial charge on any atom is -0.393 e. The molecule has 0 radical (unpaired) electrons. The van der Waals surface area contributed by atoms with Gasteiger partial charge in [0.15, 0.2) is 0 Å². The lowest BCUT2D eigenvalue weighted by Crippen LogP contribution is -2.30. The monoisotopic (exact) mass is 342 g/mol. The molecule has 0 fully saturated rings. The molecule has 10 heteroatoms. The summed E-state index contributed by atoms with van der Waals surface area (Å²) in [6, 6.07) is 4.06. The van der Waals surface area contributed by atoms with Gasteiger partial charge in [0.05, 0.1) is 11.4 Å². The van der Waals surface area contributed by atoms with E-state index in [2.05, 4.69) is 9.99 Å². The molecule has 0 heterocycles. The third-order valence-corrected chi connectivity index (χ3v) is 3.58. The Kier molecular flexibility index (Phi) is 5.75. The van der Waals surface area contributed by atoms with Gasteiger partial charge in [-0.2, -0.15) is 21.6 Å². The molecule has 1 aromatic rings. The average Bonchev–Trinajstić information content (AvgIpc) is 2.39. The second kappa shape index (κ2) is 6.95. The Labute approximate surface area is 125 Å². The lowest BCUT2D eigenvalue weighted by atomic mass is 10.1. The minimum atomic E-state index is -5.55. The van der Waals surface area contributed by atoms with E-state index in [0.717, 1.165) is 0 Å². The summed E-state index contributed by atoms with van der Waals surface area (Å²) in [7, 11) is -5.55. The first-order chi connectivity index (χ1) is 10.1. The van der Waals surface area contributed by atoms with E-state index < -0.39 is 22.2 Å². The molecule has 22 heavy (non-hydrogen) atoms. The van der Waals surface area contributed by atoms with Gasteiger partial charge in [-0.05, 0) is 26.0 Å². The Morgan fingerprint density at radius 1 is 1.36 bits per heavy atom. The maximum absolute atomic E-state index is 12.4. The quantitative estimate of drug-likeness (QED) is 0.374. The van der Waals surface area contributed by atoms with Crippen molar-refractivity contribution in [3.63, 3.8) is 0 Å². The molecule has 0 aliphatic rings. The molecule has 1 aromatic carbocycles. The second-order valence-electron chi connectivity index (χ2n) is 4.30. The lowest BCUT2D eigenvalue weighted by Gasteiger charge is -2.14. The fourth-order valence-corrected chi connectivity index (χ4v) is 2.06. The summed E-state index contributed by atoms with van der Waals surface area (Å²) in [5.74, 6) is 0. The van der Waals surface area contributed by atoms with Gasteiger partial charge >= 0.3 is 15.5 Å². The van der Waals surface area contributed by atoms with Crippen LogP contribution >= 0.6 is 0 Å². The second-order valence-corrected chi connectivity index (χ2v) is 5.97. The molecule has 1 rings (SSSR count). The standard InChI is InChI=1S/C12H14F4N2O3S/c1-8-3-4-11(18-22(19,20)12(14,15)16)10(7-8)9(2)17-21-6-5-13/h3-4,7,18H,5-6H2,1-2H3/b17-9+. The molecule has 0 aromatic heterocycles. The van der Waals surface area contributed by atoms with Gasteiger partial charge in [0.25, 0.3) is 0 Å². The maximum atomic E-state index is 12.4. The number of hydrogen-bond donors (Lipinski definition) is 1. The molecule has 0 spiro atoms. The fraction of sp³-hybridized carbons (Fsp3) is 0.417. The Morgan fingerprint density at radius 2 is 2.00 bits per heavy atom. The van der Waals surface area contributed by atoms with Gasteiger partial charge in [-0.25, -0.2) is 4.39 Å². The number of aryl methyl sites for hydroxylation is 1. The van der Waals surface area contributed by atoms with Crippen LogP contribution in [0.25, 0.3) is 0 Å². The highest BCUT2D eigenvalue weighted by atomic mass is 32.2. The third kappa shape index (κ3) is 4.58. The van der Waals surface area contributed by atoms with Crippen molar-refractivity contribution >= 4 is 21.4 Å². The molecule has 1 N–H and O–H groups in total. The maximum Gasteiger partial charge on any atom is 0.516 e. The van der Waals surface area contributed by atoms with Crippen molar-refractivity contribution in [2.24, 2.45) is 5.16 Å². The fourth-order valence-electron chi connectivity index (χ4n) is 1.48. The number of rotatable bonds is 6. The van der Waals surface area contributed by atoms with Gasteiger partial charge < -0.3 is 4.84 Å². The number of anilines is 1. The van der Waals surface area contributed by atoms with Gasteiger partial charge in [-0.3, -0.25) is 4.72 Å². The minimum absolute atomic E-state index is 0.103. The van der Waals surface area contributed by atoms with Crippen LogP contribution in [0, 0.1) is 6.92 Å². The van der Waals surface area contributed by atoms with Crippen LogP contribution in [-0.4, -0.2) is 32.9 Å². The molecule has 0 aliphatic heterocycles. The van der Waals surface area contributed by atoms with Crippen LogP contribution in [0.4, 0.5) is 23.2 Å². The molecule has 0 saturated carbocycles. The van der Waals surface area contributed by atoms with E-state index in [4.69, 9.17) is 0 Å². The highest BCUT2D eigenvalue weighted by Crippen LogP contribution is 2.27. The number of hydrogen-bond acceptors (Lipinski definition) is 4. The molecule has 0 aliphatic carbocycles. The number of oxime groups is 1. The van der Waals surface area contributed by atoms with Gasteiger partial charge in [0.2, 0.25) is 0 Å². The highest BCUT2D eigenvalue weighted by Gasteiger charge is 2.46. The van der Waals surface area contributed by atoms with Crippen molar-refractivity contribution in [1.82, 2.24) is 0 Å². The number of sulfonamides is 1. The van der Waals surface area contributed by atoms with Crippen molar-refractivity contribution in [2.75, 3.05) is 18.0 Å². The molecule has 0 atom stereocenters. The summed E-state index contributed by atoms with van der Waals surface area (Å²) in [6.45, 7) is 1.98. The first-order valence-corrected chi connectivity index (χ1v) is 7.49. The van der Waals surface area contributed by atoms with E-state index in [1.54, 1.807) is 6.92 Å². The summed E-state index contributed by atoms with van der Waals surface area (Å²) in [4.78, 5) is 4.60. The summed E-state index contributed by atoms with van der Waals surface area (Å²) in [5, 5.41) is 3.54. The van der Waals surface area contributed by atoms with Gasteiger partial charge in [-0.1, -0.05) is 16.8 Å².